The van der Waals surface area contributed by atoms with Crippen molar-refractivity contribution in [1.82, 2.24) is 4.98 Å². The number of H-pyrrole nitrogens is 1. The van der Waals surface area contributed by atoms with Crippen molar-refractivity contribution >= 4 is 12.6 Å². The molecule has 1 N–H and O–H groups in total. The highest BCUT2D eigenvalue weighted by molar-refractivity contribution is 7.80. The maximum Gasteiger partial charge on any atom is 0.0698 e. The minimum atomic E-state index is 0.341. The van der Waals surface area contributed by atoms with E-state index in [0.29, 0.717) is 5.41 Å². The monoisotopic (exact) mass is 227 g/mol. The molecule has 1 fully saturated rings. The summed E-state index contributed by atoms with van der Waals surface area (Å²) in [7, 11) is 0. The van der Waals surface area contributed by atoms with Gasteiger partial charge in [-0.15, -0.1) is 12.6 Å². The molecule has 1 heterocycles. The quantitative estimate of drug-likeness (QED) is 0.639. The Hall–Kier alpha value is -1.15. The summed E-state index contributed by atoms with van der Waals surface area (Å²) in [6, 6.07) is 9.01. The van der Waals surface area contributed by atoms with Crippen LogP contribution in [0.3, 0.4) is 0 Å². The molecule has 1 spiro atoms. The first-order valence-corrected chi connectivity index (χ1v) is 6.19. The van der Waals surface area contributed by atoms with Gasteiger partial charge in [0.1, 0.15) is 0 Å². The van der Waals surface area contributed by atoms with E-state index in [1.54, 1.807) is 0 Å². The van der Waals surface area contributed by atoms with Crippen molar-refractivity contribution in [2.45, 2.75) is 30.2 Å². The van der Waals surface area contributed by atoms with E-state index in [2.05, 4.69) is 48.8 Å². The Labute approximate surface area is 100 Å². The second-order valence-corrected chi connectivity index (χ2v) is 5.56. The second-order valence-electron chi connectivity index (χ2n) is 5.07. The highest BCUT2D eigenvalue weighted by Gasteiger charge is 2.53. The summed E-state index contributed by atoms with van der Waals surface area (Å²) < 4.78 is 0. The smallest absolute Gasteiger partial charge is 0.0698 e. The molecule has 4 rings (SSSR count). The minimum absolute atomic E-state index is 0.341. The van der Waals surface area contributed by atoms with Crippen molar-refractivity contribution in [2.75, 3.05) is 0 Å². The first-order valence-electron chi connectivity index (χ1n) is 5.75. The lowest BCUT2D eigenvalue weighted by Gasteiger charge is -2.10. The van der Waals surface area contributed by atoms with Crippen LogP contribution in [0.1, 0.15) is 29.5 Å². The van der Waals surface area contributed by atoms with E-state index in [4.69, 9.17) is 0 Å². The molecule has 2 aliphatic rings. The van der Waals surface area contributed by atoms with E-state index in [-0.39, 0.29) is 0 Å². The number of fused-ring (bicyclic) bond motifs is 5. The zero-order valence-electron chi connectivity index (χ0n) is 9.17. The molecule has 0 saturated heterocycles. The number of benzene rings is 1. The fraction of sp³-hybridized carbons (Fsp3) is 0.286. The fourth-order valence-electron chi connectivity index (χ4n) is 3.11. The lowest BCUT2D eigenvalue weighted by Crippen LogP contribution is -2.02. The van der Waals surface area contributed by atoms with Crippen LogP contribution in [-0.4, -0.2) is 4.98 Å². The lowest BCUT2D eigenvalue weighted by atomic mass is 9.93. The van der Waals surface area contributed by atoms with Crippen LogP contribution in [0.4, 0.5) is 0 Å². The fourth-order valence-corrected chi connectivity index (χ4v) is 3.35. The molecule has 0 bridgehead atoms. The molecule has 0 unspecified atom stereocenters. The summed E-state index contributed by atoms with van der Waals surface area (Å²) in [5.41, 5.74) is 7.39. The molecule has 2 heteroatoms. The van der Waals surface area contributed by atoms with E-state index < -0.39 is 0 Å². The van der Waals surface area contributed by atoms with Gasteiger partial charge in [-0.2, -0.15) is 0 Å². The van der Waals surface area contributed by atoms with Crippen LogP contribution in [-0.2, 0) is 5.41 Å². The van der Waals surface area contributed by atoms with Crippen LogP contribution >= 0.6 is 12.6 Å². The lowest BCUT2D eigenvalue weighted by molar-refractivity contribution is 0.878. The molecule has 0 atom stereocenters. The summed E-state index contributed by atoms with van der Waals surface area (Å²) in [4.78, 5) is 3.39. The largest absolute Gasteiger partial charge is 0.350 e. The van der Waals surface area contributed by atoms with Crippen molar-refractivity contribution in [1.29, 1.82) is 0 Å². The molecule has 80 valence electrons. The predicted molar refractivity (Wildman–Crippen MR) is 68.2 cm³/mol. The zero-order chi connectivity index (χ0) is 10.9. The number of aromatic nitrogens is 1. The van der Waals surface area contributed by atoms with Gasteiger partial charge in [0.05, 0.1) is 10.7 Å². The van der Waals surface area contributed by atoms with Gasteiger partial charge in [-0.3, -0.25) is 0 Å². The van der Waals surface area contributed by atoms with Crippen LogP contribution in [0, 0.1) is 6.92 Å². The summed E-state index contributed by atoms with van der Waals surface area (Å²) >= 11 is 4.42. The molecule has 16 heavy (non-hydrogen) atoms. The van der Waals surface area contributed by atoms with E-state index in [9.17, 15) is 0 Å². The first kappa shape index (κ1) is 8.94. The van der Waals surface area contributed by atoms with Gasteiger partial charge in [0.15, 0.2) is 0 Å². The van der Waals surface area contributed by atoms with Gasteiger partial charge in [-0.25, -0.2) is 0 Å². The molecule has 1 nitrogen and oxygen atoms in total. The molecule has 0 aliphatic heterocycles. The van der Waals surface area contributed by atoms with Gasteiger partial charge in [-0.05, 0) is 37.0 Å². The Morgan fingerprint density at radius 2 is 2.00 bits per heavy atom. The van der Waals surface area contributed by atoms with Crippen molar-refractivity contribution in [2.24, 2.45) is 0 Å². The van der Waals surface area contributed by atoms with Crippen molar-refractivity contribution in [3.8, 4) is 11.3 Å². The molecule has 2 aliphatic carbocycles. The SMILES string of the molecule is Cc1ccc2c(c1)C1(CC1)c1cc(S)[nH]c1-2. The van der Waals surface area contributed by atoms with Gasteiger partial charge >= 0.3 is 0 Å². The number of nitrogens with one attached hydrogen (secondary N) is 1. The molecule has 0 radical (unpaired) electrons. The predicted octanol–water partition coefficient (Wildman–Crippen LogP) is 3.67. The summed E-state index contributed by atoms with van der Waals surface area (Å²) in [6.07, 6.45) is 2.59. The number of rotatable bonds is 0. The highest BCUT2D eigenvalue weighted by atomic mass is 32.1. The Kier molecular flexibility index (Phi) is 1.43. The van der Waals surface area contributed by atoms with E-state index in [0.717, 1.165) is 5.03 Å². The van der Waals surface area contributed by atoms with E-state index in [1.165, 1.54) is 40.8 Å². The maximum absolute atomic E-state index is 4.42. The molecule has 2 aromatic rings. The molecule has 0 amide bonds. The van der Waals surface area contributed by atoms with E-state index in [1.807, 2.05) is 0 Å². The summed E-state index contributed by atoms with van der Waals surface area (Å²) in [6.45, 7) is 2.17. The number of thiol groups is 1. The van der Waals surface area contributed by atoms with Crippen LogP contribution in [0.5, 0.6) is 0 Å². The summed E-state index contributed by atoms with van der Waals surface area (Å²) in [5.74, 6) is 0. The normalized spacial score (nSPS) is 18.6. The second kappa shape index (κ2) is 2.57. The molecule has 1 saturated carbocycles. The number of aryl methyl sites for hydroxylation is 1. The van der Waals surface area contributed by atoms with Crippen molar-refractivity contribution in [3.05, 3.63) is 41.0 Å². The average Bonchev–Trinajstić information content (AvgIpc) is 2.91. The Bertz CT molecular complexity index is 605. The third-order valence-corrected chi connectivity index (χ3v) is 4.27. The first-order chi connectivity index (χ1) is 7.71. The molecule has 1 aromatic carbocycles. The average molecular weight is 227 g/mol. The van der Waals surface area contributed by atoms with Gasteiger partial charge in [0.25, 0.3) is 0 Å². The van der Waals surface area contributed by atoms with Crippen LogP contribution in [0.25, 0.3) is 11.3 Å². The Morgan fingerprint density at radius 1 is 1.19 bits per heavy atom. The number of aromatic amines is 1. The Balaban J connectivity index is 2.10. The maximum atomic E-state index is 4.42. The molecular weight excluding hydrogens is 214 g/mol. The highest BCUT2D eigenvalue weighted by Crippen LogP contribution is 2.62. The topological polar surface area (TPSA) is 15.8 Å². The standard InChI is InChI=1S/C14H13NS/c1-8-2-3-9-10(6-8)14(4-5-14)11-7-12(16)15-13(9)11/h2-3,6-7,15-16H,4-5H2,1H3. The van der Waals surface area contributed by atoms with Crippen LogP contribution in [0.2, 0.25) is 0 Å². The molecule has 1 aromatic heterocycles. The van der Waals surface area contributed by atoms with Gasteiger partial charge in [0, 0.05) is 11.0 Å². The van der Waals surface area contributed by atoms with Gasteiger partial charge in [-0.1, -0.05) is 23.8 Å². The number of hydrogen-bond donors (Lipinski definition) is 2. The Morgan fingerprint density at radius 3 is 2.75 bits per heavy atom. The minimum Gasteiger partial charge on any atom is -0.350 e. The third kappa shape index (κ3) is 0.897. The van der Waals surface area contributed by atoms with Gasteiger partial charge < -0.3 is 4.98 Å². The number of hydrogen-bond acceptors (Lipinski definition) is 1. The molecular formula is C14H13NS. The summed E-state index contributed by atoms with van der Waals surface area (Å²) in [5, 5.41) is 0.988. The van der Waals surface area contributed by atoms with Crippen molar-refractivity contribution < 1.29 is 0 Å². The van der Waals surface area contributed by atoms with Crippen molar-refractivity contribution in [3.63, 3.8) is 0 Å². The zero-order valence-corrected chi connectivity index (χ0v) is 10.1. The van der Waals surface area contributed by atoms with Gasteiger partial charge in [0.2, 0.25) is 0 Å². The van der Waals surface area contributed by atoms with Crippen LogP contribution in [0.15, 0.2) is 29.3 Å². The third-order valence-electron chi connectivity index (χ3n) is 4.03. The van der Waals surface area contributed by atoms with Crippen LogP contribution < -0.4 is 0 Å². The van der Waals surface area contributed by atoms with E-state index >= 15 is 0 Å².